The van der Waals surface area contributed by atoms with E-state index < -0.39 is 17.9 Å². The molecule has 174 valence electrons. The summed E-state index contributed by atoms with van der Waals surface area (Å²) in [4.78, 5) is 23.3. The van der Waals surface area contributed by atoms with Crippen molar-refractivity contribution in [1.82, 2.24) is 19.7 Å². The van der Waals surface area contributed by atoms with Gasteiger partial charge < -0.3 is 20.3 Å². The number of hydrogen-bond acceptors (Lipinski definition) is 7. The summed E-state index contributed by atoms with van der Waals surface area (Å²) in [6.45, 7) is 3.83. The number of carbonyl (C=O) groups excluding carboxylic acids is 1. The van der Waals surface area contributed by atoms with Crippen molar-refractivity contribution in [2.75, 3.05) is 29.7 Å². The molecule has 2 aliphatic rings. The highest BCUT2D eigenvalue weighted by atomic mass is 19.4. The van der Waals surface area contributed by atoms with Crippen LogP contribution in [0.15, 0.2) is 12.3 Å². The fourth-order valence-electron chi connectivity index (χ4n) is 4.33. The van der Waals surface area contributed by atoms with Gasteiger partial charge in [-0.1, -0.05) is 0 Å². The van der Waals surface area contributed by atoms with E-state index in [-0.39, 0.29) is 30.5 Å². The van der Waals surface area contributed by atoms with Crippen LogP contribution in [0.2, 0.25) is 0 Å². The van der Waals surface area contributed by atoms with Crippen molar-refractivity contribution < 1.29 is 22.7 Å². The minimum atomic E-state index is -4.41. The van der Waals surface area contributed by atoms with Gasteiger partial charge in [0.05, 0.1) is 11.8 Å². The molecule has 1 amide bonds. The average Bonchev–Trinajstić information content (AvgIpc) is 3.16. The second kappa shape index (κ2) is 8.23. The lowest BCUT2D eigenvalue weighted by Crippen LogP contribution is -2.53. The summed E-state index contributed by atoms with van der Waals surface area (Å²) in [5, 5.41) is 9.95. The van der Waals surface area contributed by atoms with Gasteiger partial charge in [-0.15, -0.1) is 0 Å². The summed E-state index contributed by atoms with van der Waals surface area (Å²) >= 11 is 0. The Kier molecular flexibility index (Phi) is 5.74. The third-order valence-corrected chi connectivity index (χ3v) is 6.16. The number of hydrogen-bond donors (Lipinski definition) is 2. The van der Waals surface area contributed by atoms with Gasteiger partial charge in [-0.2, -0.15) is 23.3 Å². The number of aryl methyl sites for hydroxylation is 1. The van der Waals surface area contributed by atoms with E-state index in [2.05, 4.69) is 25.7 Å². The fraction of sp³-hybridized carbons (Fsp3) is 0.600. The van der Waals surface area contributed by atoms with Gasteiger partial charge in [0.25, 0.3) is 0 Å². The zero-order chi connectivity index (χ0) is 23.2. The molecule has 1 aliphatic heterocycles. The first-order chi connectivity index (χ1) is 15.1. The second-order valence-electron chi connectivity index (χ2n) is 8.39. The molecule has 1 saturated carbocycles. The van der Waals surface area contributed by atoms with Crippen LogP contribution in [-0.2, 0) is 22.3 Å². The van der Waals surface area contributed by atoms with E-state index in [0.29, 0.717) is 36.0 Å². The molecule has 1 unspecified atom stereocenters. The normalized spacial score (nSPS) is 23.9. The number of carbonyl (C=O) groups is 1. The van der Waals surface area contributed by atoms with Crippen molar-refractivity contribution in [2.24, 2.45) is 5.92 Å². The highest BCUT2D eigenvalue weighted by Gasteiger charge is 2.39. The Morgan fingerprint density at radius 3 is 2.72 bits per heavy atom. The van der Waals surface area contributed by atoms with Crippen molar-refractivity contribution in [2.45, 2.75) is 57.6 Å². The maximum Gasteiger partial charge on any atom is 0.433 e. The predicted molar refractivity (Wildman–Crippen MR) is 111 cm³/mol. The van der Waals surface area contributed by atoms with E-state index in [1.807, 2.05) is 6.92 Å². The average molecular weight is 453 g/mol. The molecule has 0 radical (unpaired) electrons. The molecule has 3 heterocycles. The Morgan fingerprint density at radius 1 is 1.34 bits per heavy atom. The summed E-state index contributed by atoms with van der Waals surface area (Å²) < 4.78 is 45.4. The van der Waals surface area contributed by atoms with E-state index in [1.165, 1.54) is 6.20 Å². The summed E-state index contributed by atoms with van der Waals surface area (Å²) in [5.41, 5.74) is 0.461. The van der Waals surface area contributed by atoms with Gasteiger partial charge in [-0.05, 0) is 38.7 Å². The Labute approximate surface area is 183 Å². The zero-order valence-corrected chi connectivity index (χ0v) is 18.3. The van der Waals surface area contributed by atoms with Gasteiger partial charge in [0.15, 0.2) is 5.82 Å². The number of alkyl halides is 3. The summed E-state index contributed by atoms with van der Waals surface area (Å²) in [6.07, 6.45) is -2.20. The maximum atomic E-state index is 13.0. The molecule has 2 aromatic rings. The number of likely N-dealkylation sites (N-methyl/N-ethyl adjacent to an activating group) is 1. The van der Waals surface area contributed by atoms with Crippen LogP contribution in [0.5, 0.6) is 0 Å². The SMILES string of the molecule is COC(C)[C@H]1C(=O)Nc2c(C)nc(NC3CC(Cn4nccc4C(F)(F)F)C3)nc2N1C. The number of amides is 1. The number of ether oxygens (including phenoxy) is 1. The highest BCUT2D eigenvalue weighted by Crippen LogP contribution is 2.36. The Balaban J connectivity index is 1.42. The smallest absolute Gasteiger partial charge is 0.379 e. The van der Waals surface area contributed by atoms with Crippen LogP contribution >= 0.6 is 0 Å². The first kappa shape index (κ1) is 22.3. The third-order valence-electron chi connectivity index (χ3n) is 6.16. The molecule has 12 heteroatoms. The largest absolute Gasteiger partial charge is 0.433 e. The van der Waals surface area contributed by atoms with Gasteiger partial charge in [0, 0.05) is 32.9 Å². The van der Waals surface area contributed by atoms with Crippen LogP contribution in [0, 0.1) is 12.8 Å². The lowest BCUT2D eigenvalue weighted by molar-refractivity contribution is -0.144. The molecule has 1 fully saturated rings. The number of rotatable bonds is 6. The molecular formula is C20H26F3N7O2. The molecule has 32 heavy (non-hydrogen) atoms. The molecule has 0 spiro atoms. The monoisotopic (exact) mass is 453 g/mol. The third kappa shape index (κ3) is 4.10. The van der Waals surface area contributed by atoms with Crippen LogP contribution < -0.4 is 15.5 Å². The van der Waals surface area contributed by atoms with E-state index in [0.717, 1.165) is 10.7 Å². The molecule has 0 saturated heterocycles. The molecule has 1 aliphatic carbocycles. The number of methoxy groups -OCH3 is 1. The number of fused-ring (bicyclic) bond motifs is 1. The first-order valence-corrected chi connectivity index (χ1v) is 10.4. The van der Waals surface area contributed by atoms with E-state index >= 15 is 0 Å². The first-order valence-electron chi connectivity index (χ1n) is 10.4. The predicted octanol–water partition coefficient (Wildman–Crippen LogP) is 2.68. The fourth-order valence-corrected chi connectivity index (χ4v) is 4.33. The number of anilines is 3. The summed E-state index contributed by atoms with van der Waals surface area (Å²) in [6, 6.07) is 0.518. The number of nitrogens with zero attached hydrogens (tertiary/aromatic N) is 5. The minimum absolute atomic E-state index is 0.0551. The molecule has 0 bridgehead atoms. The molecule has 2 aromatic heterocycles. The molecular weight excluding hydrogens is 427 g/mol. The summed E-state index contributed by atoms with van der Waals surface area (Å²) in [5.74, 6) is 0.920. The quantitative estimate of drug-likeness (QED) is 0.694. The van der Waals surface area contributed by atoms with Crippen molar-refractivity contribution in [3.05, 3.63) is 23.7 Å². The Hall–Kier alpha value is -2.89. The number of aromatic nitrogens is 4. The zero-order valence-electron chi connectivity index (χ0n) is 18.3. The van der Waals surface area contributed by atoms with Crippen molar-refractivity contribution in [3.63, 3.8) is 0 Å². The molecule has 0 aromatic carbocycles. The number of halogens is 3. The van der Waals surface area contributed by atoms with Crippen LogP contribution in [0.1, 0.15) is 31.2 Å². The standard InChI is InChI=1S/C20H26F3N7O2/c1-10-15-17(29(3)16(11(2)32-4)18(31)27-15)28-19(25-10)26-13-7-12(8-13)9-30-14(5-6-24-30)20(21,22)23/h5-6,11-13,16H,7-9H2,1-4H3,(H,27,31)(H,25,26,28)/t11?,12?,13?,16-/m0/s1. The molecule has 2 atom stereocenters. The van der Waals surface area contributed by atoms with Crippen LogP contribution in [0.4, 0.5) is 30.6 Å². The van der Waals surface area contributed by atoms with Crippen LogP contribution in [0.25, 0.3) is 0 Å². The maximum absolute atomic E-state index is 13.0. The van der Waals surface area contributed by atoms with Gasteiger partial charge >= 0.3 is 6.18 Å². The highest BCUT2D eigenvalue weighted by molar-refractivity contribution is 6.03. The Morgan fingerprint density at radius 2 is 2.06 bits per heavy atom. The van der Waals surface area contributed by atoms with Gasteiger partial charge in [0.1, 0.15) is 17.4 Å². The minimum Gasteiger partial charge on any atom is -0.379 e. The van der Waals surface area contributed by atoms with E-state index in [9.17, 15) is 18.0 Å². The van der Waals surface area contributed by atoms with Gasteiger partial charge in [-0.3, -0.25) is 9.48 Å². The van der Waals surface area contributed by atoms with Gasteiger partial charge in [-0.25, -0.2) is 4.98 Å². The topological polar surface area (TPSA) is 97.2 Å². The van der Waals surface area contributed by atoms with Crippen LogP contribution in [0.3, 0.4) is 0 Å². The molecule has 2 N–H and O–H groups in total. The van der Waals surface area contributed by atoms with Gasteiger partial charge in [0.2, 0.25) is 11.9 Å². The van der Waals surface area contributed by atoms with Crippen molar-refractivity contribution >= 4 is 23.4 Å². The second-order valence-corrected chi connectivity index (χ2v) is 8.39. The number of nitrogens with one attached hydrogen (secondary N) is 2. The molecule has 9 nitrogen and oxygen atoms in total. The lowest BCUT2D eigenvalue weighted by Gasteiger charge is -2.38. The summed E-state index contributed by atoms with van der Waals surface area (Å²) in [7, 11) is 3.34. The Bertz CT molecular complexity index is 1000. The van der Waals surface area contributed by atoms with E-state index in [1.54, 1.807) is 26.0 Å². The van der Waals surface area contributed by atoms with E-state index in [4.69, 9.17) is 4.74 Å². The van der Waals surface area contributed by atoms with Crippen molar-refractivity contribution in [3.8, 4) is 0 Å². The lowest BCUT2D eigenvalue weighted by atomic mass is 9.80. The van der Waals surface area contributed by atoms with Crippen molar-refractivity contribution in [1.29, 1.82) is 0 Å². The van der Waals surface area contributed by atoms with Crippen LogP contribution in [-0.4, -0.2) is 58.0 Å². The molecule has 4 rings (SSSR count).